The Morgan fingerprint density at radius 2 is 1.89 bits per heavy atom. The van der Waals surface area contributed by atoms with Gasteiger partial charge in [-0.25, -0.2) is 4.79 Å². The monoisotopic (exact) mass is 383 g/mol. The van der Waals surface area contributed by atoms with Gasteiger partial charge in [0.25, 0.3) is 0 Å². The van der Waals surface area contributed by atoms with E-state index in [1.165, 1.54) is 0 Å². The van der Waals surface area contributed by atoms with Crippen molar-refractivity contribution in [3.63, 3.8) is 0 Å². The van der Waals surface area contributed by atoms with Gasteiger partial charge >= 0.3 is 5.97 Å². The van der Waals surface area contributed by atoms with Gasteiger partial charge in [0.1, 0.15) is 18.1 Å². The molecule has 8 heteroatoms. The van der Waals surface area contributed by atoms with Gasteiger partial charge in [0.2, 0.25) is 0 Å². The molecule has 1 N–H and O–H groups in total. The lowest BCUT2D eigenvalue weighted by Crippen LogP contribution is -2.07. The molecule has 3 aromatic rings. The molecule has 0 saturated heterocycles. The molecule has 0 amide bonds. The van der Waals surface area contributed by atoms with Gasteiger partial charge in [-0.1, -0.05) is 12.1 Å². The Labute approximate surface area is 162 Å². The fraction of sp³-hybridized carbons (Fsp3) is 0.250. The summed E-state index contributed by atoms with van der Waals surface area (Å²) in [5.41, 5.74) is 2.09. The summed E-state index contributed by atoms with van der Waals surface area (Å²) in [6, 6.07) is 12.9. The van der Waals surface area contributed by atoms with Crippen LogP contribution in [0.25, 0.3) is 11.3 Å². The summed E-state index contributed by atoms with van der Waals surface area (Å²) in [4.78, 5) is 12.1. The van der Waals surface area contributed by atoms with Crippen LogP contribution in [0.5, 0.6) is 17.2 Å². The zero-order valence-electron chi connectivity index (χ0n) is 15.9. The first-order valence-electron chi connectivity index (χ1n) is 8.68. The van der Waals surface area contributed by atoms with E-state index < -0.39 is 5.97 Å². The van der Waals surface area contributed by atoms with Crippen molar-refractivity contribution in [3.8, 4) is 28.5 Å². The van der Waals surface area contributed by atoms with Gasteiger partial charge in [0.15, 0.2) is 17.2 Å². The summed E-state index contributed by atoms with van der Waals surface area (Å²) in [5.74, 6) is 1.29. The van der Waals surface area contributed by atoms with Gasteiger partial charge in [-0.05, 0) is 42.8 Å². The first-order chi connectivity index (χ1) is 13.7. The first-order valence-corrected chi connectivity index (χ1v) is 8.68. The van der Waals surface area contributed by atoms with Gasteiger partial charge in [0, 0.05) is 5.56 Å². The molecule has 0 radical (unpaired) electrons. The lowest BCUT2D eigenvalue weighted by Gasteiger charge is -2.12. The number of aromatic nitrogens is 3. The Kier molecular flexibility index (Phi) is 6.11. The average molecular weight is 383 g/mol. The number of carbonyl (C=O) groups excluding carboxylic acids is 1. The van der Waals surface area contributed by atoms with Gasteiger partial charge in [-0.2, -0.15) is 10.3 Å². The summed E-state index contributed by atoms with van der Waals surface area (Å²) >= 11 is 0. The fourth-order valence-electron chi connectivity index (χ4n) is 2.63. The Bertz CT molecular complexity index is 955. The standard InChI is InChI=1S/C20H21N3O5/c1-4-27-20(24)19-18(21-23-22-19)14-8-9-16(26-3)17(11-14)28-12-13-6-5-7-15(10-13)25-2/h5-11H,4,12H2,1-3H3,(H,21,22,23). The van der Waals surface area contributed by atoms with E-state index in [2.05, 4.69) is 15.4 Å². The molecule has 0 aliphatic carbocycles. The topological polar surface area (TPSA) is 95.6 Å². The van der Waals surface area contributed by atoms with Crippen LogP contribution >= 0.6 is 0 Å². The van der Waals surface area contributed by atoms with Crippen molar-refractivity contribution >= 4 is 5.97 Å². The summed E-state index contributed by atoms with van der Waals surface area (Å²) in [5, 5.41) is 10.4. The smallest absolute Gasteiger partial charge is 0.361 e. The number of benzene rings is 2. The van der Waals surface area contributed by atoms with E-state index in [-0.39, 0.29) is 12.3 Å². The van der Waals surface area contributed by atoms with Crippen LogP contribution in [0.2, 0.25) is 0 Å². The molecule has 146 valence electrons. The number of methoxy groups -OCH3 is 2. The molecule has 2 aromatic carbocycles. The molecule has 28 heavy (non-hydrogen) atoms. The van der Waals surface area contributed by atoms with Crippen LogP contribution in [0, 0.1) is 0 Å². The SMILES string of the molecule is CCOC(=O)c1n[nH]nc1-c1ccc(OC)c(OCc2cccc(OC)c2)c1. The van der Waals surface area contributed by atoms with Gasteiger partial charge in [-0.15, -0.1) is 5.10 Å². The largest absolute Gasteiger partial charge is 0.497 e. The number of H-pyrrole nitrogens is 1. The predicted octanol–water partition coefficient (Wildman–Crippen LogP) is 3.24. The highest BCUT2D eigenvalue weighted by molar-refractivity contribution is 5.94. The van der Waals surface area contributed by atoms with Crippen molar-refractivity contribution in [1.82, 2.24) is 15.4 Å². The van der Waals surface area contributed by atoms with Crippen LogP contribution in [0.15, 0.2) is 42.5 Å². The fourth-order valence-corrected chi connectivity index (χ4v) is 2.63. The maximum atomic E-state index is 12.1. The maximum absolute atomic E-state index is 12.1. The molecular formula is C20H21N3O5. The van der Waals surface area contributed by atoms with Crippen molar-refractivity contribution in [2.24, 2.45) is 0 Å². The van der Waals surface area contributed by atoms with Crippen LogP contribution in [-0.4, -0.2) is 42.2 Å². The molecule has 1 heterocycles. The highest BCUT2D eigenvalue weighted by Crippen LogP contribution is 2.33. The highest BCUT2D eigenvalue weighted by Gasteiger charge is 2.20. The molecular weight excluding hydrogens is 362 g/mol. The molecule has 8 nitrogen and oxygen atoms in total. The first kappa shape index (κ1) is 19.2. The van der Waals surface area contributed by atoms with E-state index in [0.717, 1.165) is 11.3 Å². The minimum atomic E-state index is -0.541. The normalized spacial score (nSPS) is 10.4. The Morgan fingerprint density at radius 3 is 2.64 bits per heavy atom. The molecule has 0 aliphatic heterocycles. The second kappa shape index (κ2) is 8.90. The number of carbonyl (C=O) groups is 1. The lowest BCUT2D eigenvalue weighted by molar-refractivity contribution is 0.0520. The zero-order chi connectivity index (χ0) is 19.9. The molecule has 3 rings (SSSR count). The molecule has 1 aromatic heterocycles. The summed E-state index contributed by atoms with van der Waals surface area (Å²) in [7, 11) is 3.18. The second-order valence-electron chi connectivity index (χ2n) is 5.75. The van der Waals surface area contributed by atoms with Crippen LogP contribution < -0.4 is 14.2 Å². The lowest BCUT2D eigenvalue weighted by atomic mass is 10.1. The quantitative estimate of drug-likeness (QED) is 0.597. The third-order valence-electron chi connectivity index (χ3n) is 3.98. The highest BCUT2D eigenvalue weighted by atomic mass is 16.5. The number of aromatic amines is 1. The third-order valence-corrected chi connectivity index (χ3v) is 3.98. The predicted molar refractivity (Wildman–Crippen MR) is 102 cm³/mol. The van der Waals surface area contributed by atoms with E-state index in [4.69, 9.17) is 18.9 Å². The molecule has 0 bridgehead atoms. The zero-order valence-corrected chi connectivity index (χ0v) is 15.9. The second-order valence-corrected chi connectivity index (χ2v) is 5.75. The van der Waals surface area contributed by atoms with E-state index in [1.807, 2.05) is 24.3 Å². The summed E-state index contributed by atoms with van der Waals surface area (Å²) < 4.78 is 21.6. The van der Waals surface area contributed by atoms with Gasteiger partial charge in [0.05, 0.1) is 20.8 Å². The minimum absolute atomic E-state index is 0.116. The van der Waals surface area contributed by atoms with Crippen molar-refractivity contribution in [1.29, 1.82) is 0 Å². The Hall–Kier alpha value is -3.55. The van der Waals surface area contributed by atoms with Crippen LogP contribution in [0.4, 0.5) is 0 Å². The maximum Gasteiger partial charge on any atom is 0.361 e. The molecule has 0 saturated carbocycles. The molecule has 0 unspecified atom stereocenters. The Balaban J connectivity index is 1.86. The number of nitrogens with zero attached hydrogens (tertiary/aromatic N) is 2. The van der Waals surface area contributed by atoms with Gasteiger partial charge < -0.3 is 18.9 Å². The molecule has 0 spiro atoms. The summed E-state index contributed by atoms with van der Waals surface area (Å²) in [6.45, 7) is 2.30. The minimum Gasteiger partial charge on any atom is -0.497 e. The van der Waals surface area contributed by atoms with Crippen LogP contribution in [0.1, 0.15) is 23.0 Å². The van der Waals surface area contributed by atoms with E-state index in [1.54, 1.807) is 39.3 Å². The van der Waals surface area contributed by atoms with Crippen LogP contribution in [0.3, 0.4) is 0 Å². The molecule has 0 atom stereocenters. The number of esters is 1. The van der Waals surface area contributed by atoms with E-state index in [9.17, 15) is 4.79 Å². The summed E-state index contributed by atoms with van der Waals surface area (Å²) in [6.07, 6.45) is 0. The number of hydrogen-bond acceptors (Lipinski definition) is 7. The number of nitrogens with one attached hydrogen (secondary N) is 1. The van der Waals surface area contributed by atoms with Gasteiger partial charge in [-0.3, -0.25) is 0 Å². The number of ether oxygens (including phenoxy) is 4. The Morgan fingerprint density at radius 1 is 1.04 bits per heavy atom. The van der Waals surface area contributed by atoms with Crippen molar-refractivity contribution in [2.45, 2.75) is 13.5 Å². The van der Waals surface area contributed by atoms with Crippen LogP contribution in [-0.2, 0) is 11.3 Å². The average Bonchev–Trinajstić information content (AvgIpc) is 3.22. The van der Waals surface area contributed by atoms with E-state index in [0.29, 0.717) is 29.4 Å². The molecule has 0 fully saturated rings. The number of rotatable bonds is 8. The number of hydrogen-bond donors (Lipinski definition) is 1. The third kappa shape index (κ3) is 4.22. The van der Waals surface area contributed by atoms with Crippen molar-refractivity contribution in [2.75, 3.05) is 20.8 Å². The van der Waals surface area contributed by atoms with E-state index >= 15 is 0 Å². The molecule has 0 aliphatic rings. The van der Waals surface area contributed by atoms with Crippen molar-refractivity contribution < 1.29 is 23.7 Å². The van der Waals surface area contributed by atoms with Crippen molar-refractivity contribution in [3.05, 3.63) is 53.7 Å².